The lowest BCUT2D eigenvalue weighted by Crippen LogP contribution is -2.43. The molecule has 0 bridgehead atoms. The third-order valence-corrected chi connectivity index (χ3v) is 5.67. The lowest BCUT2D eigenvalue weighted by Gasteiger charge is -2.09. The number of ether oxygens (including phenoxy) is 1. The van der Waals surface area contributed by atoms with Gasteiger partial charge in [-0.25, -0.2) is 8.42 Å². The van der Waals surface area contributed by atoms with E-state index < -0.39 is 15.9 Å². The van der Waals surface area contributed by atoms with Crippen molar-refractivity contribution in [3.63, 3.8) is 0 Å². The first-order chi connectivity index (χ1) is 10.8. The quantitative estimate of drug-likeness (QED) is 0.760. The van der Waals surface area contributed by atoms with E-state index in [1.165, 1.54) is 12.1 Å². The minimum atomic E-state index is -3.83. The van der Waals surface area contributed by atoms with Crippen LogP contribution in [-0.4, -0.2) is 20.9 Å². The van der Waals surface area contributed by atoms with Gasteiger partial charge in [0.15, 0.2) is 6.61 Å². The molecule has 0 aliphatic carbocycles. The largest absolute Gasteiger partial charge is 0.484 e. The van der Waals surface area contributed by atoms with E-state index in [1.54, 1.807) is 12.1 Å². The van der Waals surface area contributed by atoms with Gasteiger partial charge < -0.3 is 4.74 Å². The number of thiophene rings is 1. The highest BCUT2D eigenvalue weighted by molar-refractivity contribution is 7.91. The Hall–Kier alpha value is -1.61. The Morgan fingerprint density at radius 2 is 1.87 bits per heavy atom. The first kappa shape index (κ1) is 17.7. The Kier molecular flexibility index (Phi) is 5.64. The fourth-order valence-electron chi connectivity index (χ4n) is 1.82. The molecule has 0 atom stereocenters. The Balaban J connectivity index is 1.88. The standard InChI is InChI=1S/C14H15ClN2O4S2/c1-9-5-10(2)7-11(6-9)21-8-13(18)16-17-23(19,20)14-4-3-12(15)22-14/h3-7,17H,8H2,1-2H3,(H,16,18). The summed E-state index contributed by atoms with van der Waals surface area (Å²) in [6.45, 7) is 3.52. The van der Waals surface area contributed by atoms with Crippen LogP contribution in [0.5, 0.6) is 5.75 Å². The van der Waals surface area contributed by atoms with Crippen molar-refractivity contribution in [1.82, 2.24) is 10.3 Å². The van der Waals surface area contributed by atoms with Crippen LogP contribution >= 0.6 is 22.9 Å². The summed E-state index contributed by atoms with van der Waals surface area (Å²) in [4.78, 5) is 13.7. The molecule has 2 N–H and O–H groups in total. The summed E-state index contributed by atoms with van der Waals surface area (Å²) in [5.74, 6) is -0.0686. The van der Waals surface area contributed by atoms with Crippen molar-refractivity contribution < 1.29 is 17.9 Å². The number of hydrogen-bond donors (Lipinski definition) is 2. The molecule has 0 radical (unpaired) electrons. The first-order valence-corrected chi connectivity index (χ1v) is 9.21. The Bertz CT molecular complexity index is 798. The summed E-state index contributed by atoms with van der Waals surface area (Å²) in [6.07, 6.45) is 0. The average molecular weight is 375 g/mol. The maximum absolute atomic E-state index is 11.9. The van der Waals surface area contributed by atoms with E-state index in [1.807, 2.05) is 24.7 Å². The van der Waals surface area contributed by atoms with Crippen LogP contribution in [0.15, 0.2) is 34.5 Å². The van der Waals surface area contributed by atoms with Gasteiger partial charge in [0.05, 0.1) is 4.34 Å². The van der Waals surface area contributed by atoms with Crippen molar-refractivity contribution in [2.24, 2.45) is 0 Å². The molecule has 1 heterocycles. The van der Waals surface area contributed by atoms with E-state index >= 15 is 0 Å². The lowest BCUT2D eigenvalue weighted by atomic mass is 10.1. The van der Waals surface area contributed by atoms with Crippen LogP contribution in [0.3, 0.4) is 0 Å². The number of carbonyl (C=O) groups is 1. The molecule has 6 nitrogen and oxygen atoms in total. The number of sulfonamides is 1. The van der Waals surface area contributed by atoms with Gasteiger partial charge in [0.1, 0.15) is 9.96 Å². The molecule has 0 unspecified atom stereocenters. The van der Waals surface area contributed by atoms with E-state index in [9.17, 15) is 13.2 Å². The molecule has 0 saturated carbocycles. The van der Waals surface area contributed by atoms with Crippen molar-refractivity contribution in [1.29, 1.82) is 0 Å². The number of rotatable bonds is 6. The topological polar surface area (TPSA) is 84.5 Å². The van der Waals surface area contributed by atoms with Gasteiger partial charge in [-0.2, -0.15) is 0 Å². The molecule has 1 aromatic heterocycles. The summed E-state index contributed by atoms with van der Waals surface area (Å²) in [5, 5.41) is 0. The number of hydrazine groups is 1. The van der Waals surface area contributed by atoms with Crippen molar-refractivity contribution in [2.75, 3.05) is 6.61 Å². The highest BCUT2D eigenvalue weighted by Crippen LogP contribution is 2.24. The van der Waals surface area contributed by atoms with E-state index in [4.69, 9.17) is 16.3 Å². The highest BCUT2D eigenvalue weighted by Gasteiger charge is 2.17. The van der Waals surface area contributed by atoms with Crippen LogP contribution in [0.25, 0.3) is 0 Å². The third-order valence-electron chi connectivity index (χ3n) is 2.70. The molecular weight excluding hydrogens is 360 g/mol. The molecule has 0 fully saturated rings. The third kappa shape index (κ3) is 5.21. The summed E-state index contributed by atoms with van der Waals surface area (Å²) < 4.78 is 29.5. The number of amides is 1. The molecule has 0 saturated heterocycles. The molecule has 0 aliphatic heterocycles. The van der Waals surface area contributed by atoms with Crippen molar-refractivity contribution >= 4 is 38.9 Å². The maximum atomic E-state index is 11.9. The molecule has 23 heavy (non-hydrogen) atoms. The molecule has 1 amide bonds. The summed E-state index contributed by atoms with van der Waals surface area (Å²) >= 11 is 6.58. The maximum Gasteiger partial charge on any atom is 0.272 e. The summed E-state index contributed by atoms with van der Waals surface area (Å²) in [5.41, 5.74) is 4.11. The minimum absolute atomic E-state index is 0.0121. The fourth-order valence-corrected chi connectivity index (χ4v) is 4.16. The molecular formula is C14H15ClN2O4S2. The lowest BCUT2D eigenvalue weighted by molar-refractivity contribution is -0.123. The molecule has 0 spiro atoms. The number of hydrogen-bond acceptors (Lipinski definition) is 5. The number of carbonyl (C=O) groups excluding carboxylic acids is 1. The Morgan fingerprint density at radius 3 is 2.43 bits per heavy atom. The summed E-state index contributed by atoms with van der Waals surface area (Å²) in [7, 11) is -3.83. The van der Waals surface area contributed by atoms with Crippen LogP contribution in [0.1, 0.15) is 11.1 Å². The summed E-state index contributed by atoms with van der Waals surface area (Å²) in [6, 6.07) is 8.38. The smallest absolute Gasteiger partial charge is 0.272 e. The average Bonchev–Trinajstić information content (AvgIpc) is 2.89. The molecule has 2 rings (SSSR count). The second kappa shape index (κ2) is 7.31. The molecule has 2 aromatic rings. The number of benzene rings is 1. The van der Waals surface area contributed by atoms with Gasteiger partial charge in [-0.15, -0.1) is 16.2 Å². The minimum Gasteiger partial charge on any atom is -0.484 e. The van der Waals surface area contributed by atoms with Gasteiger partial charge in [-0.05, 0) is 49.2 Å². The second-order valence-electron chi connectivity index (χ2n) is 4.82. The molecule has 124 valence electrons. The van der Waals surface area contributed by atoms with Crippen LogP contribution in [-0.2, 0) is 14.8 Å². The van der Waals surface area contributed by atoms with Gasteiger partial charge in [-0.1, -0.05) is 17.7 Å². The van der Waals surface area contributed by atoms with E-state index in [-0.39, 0.29) is 10.8 Å². The zero-order chi connectivity index (χ0) is 17.0. The van der Waals surface area contributed by atoms with Crippen LogP contribution in [0.4, 0.5) is 0 Å². The van der Waals surface area contributed by atoms with E-state index in [0.29, 0.717) is 10.1 Å². The molecule has 1 aromatic carbocycles. The van der Waals surface area contributed by atoms with Gasteiger partial charge in [-0.3, -0.25) is 10.2 Å². The Labute approximate surface area is 143 Å². The van der Waals surface area contributed by atoms with Crippen molar-refractivity contribution in [3.05, 3.63) is 45.8 Å². The van der Waals surface area contributed by atoms with E-state index in [0.717, 1.165) is 22.5 Å². The van der Waals surface area contributed by atoms with Crippen molar-refractivity contribution in [3.8, 4) is 5.75 Å². The zero-order valence-electron chi connectivity index (χ0n) is 12.4. The molecule has 0 aliphatic rings. The predicted octanol–water partition coefficient (Wildman–Crippen LogP) is 2.41. The molecule has 9 heteroatoms. The highest BCUT2D eigenvalue weighted by atomic mass is 35.5. The second-order valence-corrected chi connectivity index (χ2v) is 8.45. The van der Waals surface area contributed by atoms with E-state index in [2.05, 4.69) is 5.43 Å². The van der Waals surface area contributed by atoms with Gasteiger partial charge in [0, 0.05) is 0 Å². The number of nitrogens with one attached hydrogen (secondary N) is 2. The van der Waals surface area contributed by atoms with Crippen LogP contribution in [0.2, 0.25) is 4.34 Å². The van der Waals surface area contributed by atoms with Gasteiger partial charge >= 0.3 is 0 Å². The first-order valence-electron chi connectivity index (χ1n) is 6.53. The van der Waals surface area contributed by atoms with Gasteiger partial charge in [0.25, 0.3) is 15.9 Å². The zero-order valence-corrected chi connectivity index (χ0v) is 14.8. The van der Waals surface area contributed by atoms with Crippen LogP contribution < -0.4 is 15.0 Å². The van der Waals surface area contributed by atoms with Gasteiger partial charge in [0.2, 0.25) is 0 Å². The number of aryl methyl sites for hydroxylation is 2. The monoisotopic (exact) mass is 374 g/mol. The Morgan fingerprint density at radius 1 is 1.22 bits per heavy atom. The normalized spacial score (nSPS) is 11.3. The fraction of sp³-hybridized carbons (Fsp3) is 0.214. The SMILES string of the molecule is Cc1cc(C)cc(OCC(=O)NNS(=O)(=O)c2ccc(Cl)s2)c1. The van der Waals surface area contributed by atoms with Crippen LogP contribution in [0, 0.1) is 13.8 Å². The van der Waals surface area contributed by atoms with Crippen molar-refractivity contribution in [2.45, 2.75) is 18.1 Å². The number of halogens is 1. The predicted molar refractivity (Wildman–Crippen MR) is 89.2 cm³/mol.